The Balaban J connectivity index is 1.91. The van der Waals surface area contributed by atoms with Gasteiger partial charge in [-0.15, -0.1) is 0 Å². The van der Waals surface area contributed by atoms with Crippen LogP contribution in [0.15, 0.2) is 36.8 Å². The molecule has 98 valence electrons. The zero-order valence-corrected chi connectivity index (χ0v) is 10.5. The molecule has 5 nitrogen and oxygen atoms in total. The van der Waals surface area contributed by atoms with Gasteiger partial charge in [0, 0.05) is 12.6 Å². The summed E-state index contributed by atoms with van der Waals surface area (Å²) in [6.45, 7) is 1.35. The first-order chi connectivity index (χ1) is 9.34. The molecule has 0 saturated heterocycles. The van der Waals surface area contributed by atoms with Crippen molar-refractivity contribution in [2.24, 2.45) is 5.73 Å². The predicted molar refractivity (Wildman–Crippen MR) is 70.1 cm³/mol. The third-order valence-corrected chi connectivity index (χ3v) is 3.05. The third-order valence-electron chi connectivity index (χ3n) is 3.05. The van der Waals surface area contributed by atoms with Gasteiger partial charge in [-0.1, -0.05) is 6.07 Å². The van der Waals surface area contributed by atoms with E-state index < -0.39 is 0 Å². The fourth-order valence-electron chi connectivity index (χ4n) is 2.03. The van der Waals surface area contributed by atoms with E-state index in [-0.39, 0.29) is 6.04 Å². The summed E-state index contributed by atoms with van der Waals surface area (Å²) in [4.78, 5) is 8.07. The highest BCUT2D eigenvalue weighted by Gasteiger charge is 2.15. The van der Waals surface area contributed by atoms with E-state index in [0.29, 0.717) is 13.2 Å². The largest absolute Gasteiger partial charge is 0.490 e. The van der Waals surface area contributed by atoms with Gasteiger partial charge in [-0.25, -0.2) is 9.97 Å². The van der Waals surface area contributed by atoms with Gasteiger partial charge in [0.2, 0.25) is 0 Å². The molecule has 2 N–H and O–H groups in total. The lowest BCUT2D eigenvalue weighted by molar-refractivity contribution is 0.297. The number of ether oxygens (including phenoxy) is 2. The Kier molecular flexibility index (Phi) is 3.29. The number of aromatic nitrogens is 2. The molecule has 1 aromatic heterocycles. The molecule has 0 aliphatic carbocycles. The first-order valence-electron chi connectivity index (χ1n) is 6.25. The highest BCUT2D eigenvalue weighted by Crippen LogP contribution is 2.32. The van der Waals surface area contributed by atoms with Crippen molar-refractivity contribution in [1.82, 2.24) is 9.97 Å². The van der Waals surface area contributed by atoms with Gasteiger partial charge >= 0.3 is 0 Å². The number of nitrogens with two attached hydrogens (primary N) is 1. The highest BCUT2D eigenvalue weighted by atomic mass is 16.5. The van der Waals surface area contributed by atoms with E-state index in [1.54, 1.807) is 6.20 Å². The van der Waals surface area contributed by atoms with Crippen molar-refractivity contribution in [2.45, 2.75) is 12.5 Å². The summed E-state index contributed by atoms with van der Waals surface area (Å²) in [6.07, 6.45) is 4.07. The van der Waals surface area contributed by atoms with Gasteiger partial charge < -0.3 is 15.2 Å². The Hall–Kier alpha value is -2.14. The molecule has 0 amide bonds. The summed E-state index contributed by atoms with van der Waals surface area (Å²) in [6, 6.07) is 7.29. The van der Waals surface area contributed by atoms with Crippen molar-refractivity contribution in [3.05, 3.63) is 48.0 Å². The SMILES string of the molecule is NC(c1ccc2c(c1)OCCCO2)c1ccncn1. The van der Waals surface area contributed by atoms with Crippen LogP contribution in [0.4, 0.5) is 0 Å². The minimum Gasteiger partial charge on any atom is -0.490 e. The number of benzene rings is 1. The molecule has 0 fully saturated rings. The molecule has 19 heavy (non-hydrogen) atoms. The standard InChI is InChI=1S/C14H15N3O2/c15-14(11-4-5-16-9-17-11)10-2-3-12-13(8-10)19-7-1-6-18-12/h2-5,8-9,14H,1,6-7,15H2. The lowest BCUT2D eigenvalue weighted by atomic mass is 10.0. The van der Waals surface area contributed by atoms with Crippen LogP contribution in [0.1, 0.15) is 23.7 Å². The van der Waals surface area contributed by atoms with Gasteiger partial charge in [-0.2, -0.15) is 0 Å². The van der Waals surface area contributed by atoms with Gasteiger partial charge in [0.1, 0.15) is 6.33 Å². The zero-order chi connectivity index (χ0) is 13.1. The van der Waals surface area contributed by atoms with Crippen LogP contribution in [0.5, 0.6) is 11.5 Å². The molecule has 0 bridgehead atoms. The van der Waals surface area contributed by atoms with Crippen LogP contribution >= 0.6 is 0 Å². The molecule has 1 atom stereocenters. The molecule has 1 aromatic carbocycles. The number of hydrogen-bond acceptors (Lipinski definition) is 5. The Morgan fingerprint density at radius 3 is 2.74 bits per heavy atom. The zero-order valence-electron chi connectivity index (χ0n) is 10.5. The van der Waals surface area contributed by atoms with E-state index in [1.165, 1.54) is 6.33 Å². The van der Waals surface area contributed by atoms with Gasteiger partial charge in [0.15, 0.2) is 11.5 Å². The summed E-state index contributed by atoms with van der Waals surface area (Å²) >= 11 is 0. The maximum atomic E-state index is 6.20. The van der Waals surface area contributed by atoms with Crippen molar-refractivity contribution in [3.63, 3.8) is 0 Å². The number of hydrogen-bond donors (Lipinski definition) is 1. The van der Waals surface area contributed by atoms with E-state index in [0.717, 1.165) is 29.2 Å². The first kappa shape index (κ1) is 11.9. The van der Waals surface area contributed by atoms with Crippen LogP contribution in [-0.4, -0.2) is 23.2 Å². The van der Waals surface area contributed by atoms with Crippen LogP contribution in [0.2, 0.25) is 0 Å². The van der Waals surface area contributed by atoms with Gasteiger partial charge in [0.05, 0.1) is 24.9 Å². The van der Waals surface area contributed by atoms with E-state index in [4.69, 9.17) is 15.2 Å². The van der Waals surface area contributed by atoms with Gasteiger partial charge in [-0.05, 0) is 23.8 Å². The molecule has 3 rings (SSSR count). The van der Waals surface area contributed by atoms with Crippen LogP contribution in [0, 0.1) is 0 Å². The summed E-state index contributed by atoms with van der Waals surface area (Å²) in [7, 11) is 0. The molecule has 2 heterocycles. The van der Waals surface area contributed by atoms with Crippen LogP contribution in [0.3, 0.4) is 0 Å². The van der Waals surface area contributed by atoms with Crippen LogP contribution in [0.25, 0.3) is 0 Å². The normalized spacial score (nSPS) is 15.6. The summed E-state index contributed by atoms with van der Waals surface area (Å²) in [5.74, 6) is 1.52. The fourth-order valence-corrected chi connectivity index (χ4v) is 2.03. The van der Waals surface area contributed by atoms with Crippen LogP contribution in [-0.2, 0) is 0 Å². The quantitative estimate of drug-likeness (QED) is 0.886. The Morgan fingerprint density at radius 2 is 1.95 bits per heavy atom. The van der Waals surface area contributed by atoms with Crippen molar-refractivity contribution < 1.29 is 9.47 Å². The smallest absolute Gasteiger partial charge is 0.161 e. The number of nitrogens with zero attached hydrogens (tertiary/aromatic N) is 2. The minimum atomic E-state index is -0.292. The van der Waals surface area contributed by atoms with Gasteiger partial charge in [0.25, 0.3) is 0 Å². The van der Waals surface area contributed by atoms with E-state index in [9.17, 15) is 0 Å². The molecule has 1 unspecified atom stereocenters. The minimum absolute atomic E-state index is 0.292. The average molecular weight is 257 g/mol. The highest BCUT2D eigenvalue weighted by molar-refractivity contribution is 5.45. The second-order valence-electron chi connectivity index (χ2n) is 4.37. The molecule has 1 aliphatic heterocycles. The molecular weight excluding hydrogens is 242 g/mol. The molecule has 0 spiro atoms. The van der Waals surface area contributed by atoms with Gasteiger partial charge in [-0.3, -0.25) is 0 Å². The molecular formula is C14H15N3O2. The summed E-state index contributed by atoms with van der Waals surface area (Å²) in [5.41, 5.74) is 7.93. The third kappa shape index (κ3) is 2.51. The molecule has 0 saturated carbocycles. The predicted octanol–water partition coefficient (Wildman–Crippen LogP) is 1.69. The molecule has 2 aromatic rings. The van der Waals surface area contributed by atoms with Crippen molar-refractivity contribution in [1.29, 1.82) is 0 Å². The monoisotopic (exact) mass is 257 g/mol. The average Bonchev–Trinajstić information content (AvgIpc) is 2.72. The topological polar surface area (TPSA) is 70.3 Å². The van der Waals surface area contributed by atoms with E-state index in [1.807, 2.05) is 24.3 Å². The first-order valence-corrected chi connectivity index (χ1v) is 6.25. The Bertz CT molecular complexity index is 560. The molecule has 1 aliphatic rings. The number of rotatable bonds is 2. The fraction of sp³-hybridized carbons (Fsp3) is 0.286. The molecule has 0 radical (unpaired) electrons. The number of fused-ring (bicyclic) bond motifs is 1. The van der Waals surface area contributed by atoms with E-state index >= 15 is 0 Å². The second kappa shape index (κ2) is 5.24. The summed E-state index contributed by atoms with van der Waals surface area (Å²) < 4.78 is 11.3. The lowest BCUT2D eigenvalue weighted by Gasteiger charge is -2.14. The van der Waals surface area contributed by atoms with E-state index in [2.05, 4.69) is 9.97 Å². The Morgan fingerprint density at radius 1 is 1.11 bits per heavy atom. The summed E-state index contributed by atoms with van der Waals surface area (Å²) in [5, 5.41) is 0. The maximum Gasteiger partial charge on any atom is 0.161 e. The van der Waals surface area contributed by atoms with Crippen LogP contribution < -0.4 is 15.2 Å². The van der Waals surface area contributed by atoms with Crippen molar-refractivity contribution in [3.8, 4) is 11.5 Å². The second-order valence-corrected chi connectivity index (χ2v) is 4.37. The molecule has 5 heteroatoms. The maximum absolute atomic E-state index is 6.20. The lowest BCUT2D eigenvalue weighted by Crippen LogP contribution is -2.13. The Labute approximate surface area is 111 Å². The van der Waals surface area contributed by atoms with Crippen molar-refractivity contribution >= 4 is 0 Å². The van der Waals surface area contributed by atoms with Crippen molar-refractivity contribution in [2.75, 3.05) is 13.2 Å².